The van der Waals surface area contributed by atoms with Gasteiger partial charge in [-0.2, -0.15) is 0 Å². The van der Waals surface area contributed by atoms with E-state index < -0.39 is 30.0 Å². The van der Waals surface area contributed by atoms with Crippen molar-refractivity contribution in [2.75, 3.05) is 5.43 Å². The van der Waals surface area contributed by atoms with Crippen LogP contribution in [0.5, 0.6) is 0 Å². The highest BCUT2D eigenvalue weighted by molar-refractivity contribution is 6.36. The standard InChI is InChI=1S/C20H17Cl2N3O3/c21-12-6-8-15(14(22)10-12)24-25-16(18(26)11-4-2-1-3-5-11)9-7-13-17(25)20(28)23-19(13)27/h1-10,13,16-18,24,26H,(H,23,27,28). The number of carbonyl (C=O) groups excluding carboxylic acids is 2. The first-order valence-corrected chi connectivity index (χ1v) is 9.47. The molecule has 0 spiro atoms. The van der Waals surface area contributed by atoms with E-state index >= 15 is 0 Å². The van der Waals surface area contributed by atoms with E-state index in [1.807, 2.05) is 18.2 Å². The number of halogens is 2. The minimum atomic E-state index is -0.930. The molecule has 6 nitrogen and oxygen atoms in total. The zero-order chi connectivity index (χ0) is 19.8. The summed E-state index contributed by atoms with van der Waals surface area (Å²) in [6.07, 6.45) is 2.47. The van der Waals surface area contributed by atoms with Crippen molar-refractivity contribution in [3.8, 4) is 0 Å². The molecule has 4 unspecified atom stereocenters. The lowest BCUT2D eigenvalue weighted by Gasteiger charge is -2.40. The zero-order valence-corrected chi connectivity index (χ0v) is 16.1. The first-order valence-electron chi connectivity index (χ1n) is 8.72. The summed E-state index contributed by atoms with van der Waals surface area (Å²) in [5, 5.41) is 15.7. The minimum Gasteiger partial charge on any atom is -0.386 e. The van der Waals surface area contributed by atoms with E-state index in [-0.39, 0.29) is 5.91 Å². The van der Waals surface area contributed by atoms with Gasteiger partial charge in [-0.15, -0.1) is 0 Å². The summed E-state index contributed by atoms with van der Waals surface area (Å²) in [6.45, 7) is 0. The first kappa shape index (κ1) is 19.0. The Labute approximate surface area is 171 Å². The fourth-order valence-electron chi connectivity index (χ4n) is 3.56. The Balaban J connectivity index is 1.73. The number of nitrogens with zero attached hydrogens (tertiary/aromatic N) is 1. The van der Waals surface area contributed by atoms with Crippen LogP contribution in [0.4, 0.5) is 5.69 Å². The number of benzene rings is 2. The first-order chi connectivity index (χ1) is 13.5. The van der Waals surface area contributed by atoms with E-state index in [0.717, 1.165) is 0 Å². The number of anilines is 1. The second kappa shape index (κ2) is 7.56. The third-order valence-electron chi connectivity index (χ3n) is 4.94. The maximum Gasteiger partial charge on any atom is 0.246 e. The smallest absolute Gasteiger partial charge is 0.246 e. The maximum absolute atomic E-state index is 12.5. The quantitative estimate of drug-likeness (QED) is 0.526. The van der Waals surface area contributed by atoms with Crippen molar-refractivity contribution in [1.29, 1.82) is 0 Å². The molecule has 0 aromatic heterocycles. The highest BCUT2D eigenvalue weighted by Crippen LogP contribution is 2.35. The highest BCUT2D eigenvalue weighted by Gasteiger charge is 2.49. The number of hydrazine groups is 1. The average molecular weight is 418 g/mol. The predicted molar refractivity (Wildman–Crippen MR) is 107 cm³/mol. The normalized spacial score (nSPS) is 25.3. The third kappa shape index (κ3) is 3.40. The van der Waals surface area contributed by atoms with Gasteiger partial charge < -0.3 is 10.5 Å². The summed E-state index contributed by atoms with van der Waals surface area (Å²) in [6, 6.07) is 12.6. The molecule has 144 valence electrons. The van der Waals surface area contributed by atoms with Crippen LogP contribution < -0.4 is 10.7 Å². The van der Waals surface area contributed by atoms with Crippen LogP contribution in [0.1, 0.15) is 11.7 Å². The number of fused-ring (bicyclic) bond motifs is 1. The van der Waals surface area contributed by atoms with E-state index in [9.17, 15) is 14.7 Å². The van der Waals surface area contributed by atoms with Crippen LogP contribution in [0.25, 0.3) is 0 Å². The Morgan fingerprint density at radius 1 is 1.04 bits per heavy atom. The summed E-state index contributed by atoms with van der Waals surface area (Å²) in [4.78, 5) is 24.6. The van der Waals surface area contributed by atoms with Gasteiger partial charge in [0.05, 0.1) is 28.8 Å². The highest BCUT2D eigenvalue weighted by atomic mass is 35.5. The van der Waals surface area contributed by atoms with Crippen LogP contribution in [0.3, 0.4) is 0 Å². The molecule has 0 radical (unpaired) electrons. The van der Waals surface area contributed by atoms with Crippen molar-refractivity contribution < 1.29 is 14.7 Å². The third-order valence-corrected chi connectivity index (χ3v) is 5.49. The molecule has 0 bridgehead atoms. The number of nitrogens with one attached hydrogen (secondary N) is 2. The number of aliphatic hydroxyl groups is 1. The molecule has 2 heterocycles. The molecular formula is C20H17Cl2N3O3. The van der Waals surface area contributed by atoms with Gasteiger partial charge in [-0.3, -0.25) is 14.9 Å². The predicted octanol–water partition coefficient (Wildman–Crippen LogP) is 2.94. The van der Waals surface area contributed by atoms with Gasteiger partial charge >= 0.3 is 0 Å². The molecule has 8 heteroatoms. The Kier molecular flexibility index (Phi) is 5.12. The molecule has 1 fully saturated rings. The Morgan fingerprint density at radius 2 is 1.79 bits per heavy atom. The van der Waals surface area contributed by atoms with Crippen molar-refractivity contribution in [2.24, 2.45) is 5.92 Å². The number of hydrogen-bond donors (Lipinski definition) is 3. The Morgan fingerprint density at radius 3 is 2.50 bits per heavy atom. The Hall–Kier alpha value is -2.38. The maximum atomic E-state index is 12.5. The summed E-state index contributed by atoms with van der Waals surface area (Å²) in [5.74, 6) is -1.44. The largest absolute Gasteiger partial charge is 0.386 e. The van der Waals surface area contributed by atoms with Crippen LogP contribution in [0.2, 0.25) is 10.0 Å². The molecule has 2 aliphatic heterocycles. The summed E-state index contributed by atoms with van der Waals surface area (Å²) < 4.78 is 0. The zero-order valence-electron chi connectivity index (χ0n) is 14.5. The van der Waals surface area contributed by atoms with Crippen LogP contribution in [-0.2, 0) is 9.59 Å². The van der Waals surface area contributed by atoms with E-state index in [0.29, 0.717) is 21.3 Å². The van der Waals surface area contributed by atoms with Gasteiger partial charge in [-0.25, -0.2) is 5.01 Å². The number of aliphatic hydroxyl groups excluding tert-OH is 1. The lowest BCUT2D eigenvalue weighted by molar-refractivity contribution is -0.126. The number of hydrogen-bond acceptors (Lipinski definition) is 5. The number of imide groups is 1. The van der Waals surface area contributed by atoms with Gasteiger partial charge in [-0.1, -0.05) is 65.7 Å². The van der Waals surface area contributed by atoms with Crippen molar-refractivity contribution in [3.63, 3.8) is 0 Å². The lowest BCUT2D eigenvalue weighted by atomic mass is 9.90. The molecule has 2 aromatic carbocycles. The number of rotatable bonds is 4. The van der Waals surface area contributed by atoms with Crippen molar-refractivity contribution in [2.45, 2.75) is 18.2 Å². The Bertz CT molecular complexity index is 951. The fourth-order valence-corrected chi connectivity index (χ4v) is 4.01. The van der Waals surface area contributed by atoms with Gasteiger partial charge in [0.25, 0.3) is 0 Å². The molecule has 4 rings (SSSR count). The average Bonchev–Trinajstić information content (AvgIpc) is 2.98. The van der Waals surface area contributed by atoms with E-state index in [4.69, 9.17) is 23.2 Å². The molecule has 0 saturated carbocycles. The van der Waals surface area contributed by atoms with Crippen molar-refractivity contribution >= 4 is 40.7 Å². The van der Waals surface area contributed by atoms with E-state index in [1.165, 1.54) is 0 Å². The molecule has 1 saturated heterocycles. The molecule has 28 heavy (non-hydrogen) atoms. The second-order valence-electron chi connectivity index (χ2n) is 6.70. The van der Waals surface area contributed by atoms with Crippen molar-refractivity contribution in [1.82, 2.24) is 10.3 Å². The molecular weight excluding hydrogens is 401 g/mol. The molecule has 4 atom stereocenters. The van der Waals surface area contributed by atoms with Crippen LogP contribution in [0.15, 0.2) is 60.7 Å². The topological polar surface area (TPSA) is 81.7 Å². The van der Waals surface area contributed by atoms with Crippen LogP contribution in [-0.4, -0.2) is 34.0 Å². The van der Waals surface area contributed by atoms with Crippen LogP contribution in [0, 0.1) is 5.92 Å². The molecule has 2 aromatic rings. The fraction of sp³-hybridized carbons (Fsp3) is 0.200. The minimum absolute atomic E-state index is 0.358. The number of amides is 2. The summed E-state index contributed by atoms with van der Waals surface area (Å²) in [7, 11) is 0. The monoisotopic (exact) mass is 417 g/mol. The molecule has 2 amide bonds. The van der Waals surface area contributed by atoms with E-state index in [1.54, 1.807) is 47.5 Å². The summed E-state index contributed by atoms with van der Waals surface area (Å²) >= 11 is 12.2. The van der Waals surface area contributed by atoms with Crippen molar-refractivity contribution in [3.05, 3.63) is 76.3 Å². The second-order valence-corrected chi connectivity index (χ2v) is 7.54. The molecule has 2 aliphatic rings. The van der Waals surface area contributed by atoms with Gasteiger partial charge in [0.15, 0.2) is 0 Å². The lowest BCUT2D eigenvalue weighted by Crippen LogP contribution is -2.55. The SMILES string of the molecule is O=C1NC(=O)C2C1C=CC(C(O)c1ccccc1)N2Nc1ccc(Cl)cc1Cl. The molecule has 3 N–H and O–H groups in total. The van der Waals surface area contributed by atoms with Crippen LogP contribution >= 0.6 is 23.2 Å². The number of carbonyl (C=O) groups is 2. The summed E-state index contributed by atoms with van der Waals surface area (Å²) in [5.41, 5.74) is 4.32. The molecule has 0 aliphatic carbocycles. The van der Waals surface area contributed by atoms with Gasteiger partial charge in [-0.05, 0) is 23.8 Å². The van der Waals surface area contributed by atoms with Gasteiger partial charge in [0.1, 0.15) is 6.04 Å². The van der Waals surface area contributed by atoms with Gasteiger partial charge in [0, 0.05) is 5.02 Å². The van der Waals surface area contributed by atoms with Gasteiger partial charge in [0.2, 0.25) is 11.8 Å². The van der Waals surface area contributed by atoms with E-state index in [2.05, 4.69) is 10.7 Å².